The number of carbonyl (C=O) groups excluding carboxylic acids is 1. The zero-order valence-corrected chi connectivity index (χ0v) is 19.9. The maximum atomic E-state index is 13.5. The Kier molecular flexibility index (Phi) is 5.98. The van der Waals surface area contributed by atoms with Gasteiger partial charge in [-0.05, 0) is 43.0 Å². The van der Waals surface area contributed by atoms with Gasteiger partial charge >= 0.3 is 0 Å². The summed E-state index contributed by atoms with van der Waals surface area (Å²) in [5, 5.41) is 10.5. The molecule has 0 radical (unpaired) electrons. The molecule has 0 bridgehead atoms. The first-order valence-corrected chi connectivity index (χ1v) is 11.6. The highest BCUT2D eigenvalue weighted by molar-refractivity contribution is 7.09. The smallest absolute Gasteiger partial charge is 0.235 e. The van der Waals surface area contributed by atoms with E-state index in [0.717, 1.165) is 38.6 Å². The normalized spacial score (nSPS) is 13.2. The molecule has 0 aliphatic heterocycles. The molecule has 0 saturated heterocycles. The van der Waals surface area contributed by atoms with Gasteiger partial charge in [0.1, 0.15) is 0 Å². The third kappa shape index (κ3) is 4.23. The molecule has 1 atom stereocenters. The van der Waals surface area contributed by atoms with Crippen LogP contribution in [0.25, 0.3) is 22.4 Å². The molecule has 5 nitrogen and oxygen atoms in total. The molecule has 4 aromatic rings. The van der Waals surface area contributed by atoms with E-state index in [1.165, 1.54) is 0 Å². The summed E-state index contributed by atoms with van der Waals surface area (Å²) in [5.74, 6) is 0.0999. The molecule has 1 N–H and O–H groups in total. The van der Waals surface area contributed by atoms with Gasteiger partial charge in [0.05, 0.1) is 22.3 Å². The van der Waals surface area contributed by atoms with Crippen LogP contribution in [0.2, 0.25) is 0 Å². The Morgan fingerprint density at radius 2 is 1.69 bits per heavy atom. The summed E-state index contributed by atoms with van der Waals surface area (Å²) in [7, 11) is 1.91. The van der Waals surface area contributed by atoms with Crippen LogP contribution in [0, 0.1) is 12.8 Å². The molecule has 0 spiro atoms. The van der Waals surface area contributed by atoms with Crippen LogP contribution < -0.4 is 5.32 Å². The molecule has 1 amide bonds. The van der Waals surface area contributed by atoms with Gasteiger partial charge in [0.25, 0.3) is 0 Å². The first kappa shape index (κ1) is 22.0. The predicted molar refractivity (Wildman–Crippen MR) is 132 cm³/mol. The van der Waals surface area contributed by atoms with E-state index in [-0.39, 0.29) is 11.8 Å². The zero-order chi connectivity index (χ0) is 22.9. The van der Waals surface area contributed by atoms with Crippen molar-refractivity contribution in [2.75, 3.05) is 5.32 Å². The first-order valence-electron chi connectivity index (χ1n) is 10.7. The fraction of sp³-hybridized carbons (Fsp3) is 0.269. The standard InChI is InChI=1S/C26H28N4OS/c1-17(2)26(4,22-10-6-19(7-11-22)21-14-27-30(5)15-21)25(31)29-23-12-8-20(9-13-23)24-16-32-18(3)28-24/h6-17H,1-5H3,(H,29,31). The second kappa shape index (κ2) is 8.71. The van der Waals surface area contributed by atoms with Crippen LogP contribution in [0.4, 0.5) is 5.69 Å². The van der Waals surface area contributed by atoms with Crippen LogP contribution in [0.5, 0.6) is 0 Å². The van der Waals surface area contributed by atoms with E-state index in [2.05, 4.69) is 53.5 Å². The highest BCUT2D eigenvalue weighted by Crippen LogP contribution is 2.35. The highest BCUT2D eigenvalue weighted by atomic mass is 32.1. The van der Waals surface area contributed by atoms with Crippen molar-refractivity contribution in [3.63, 3.8) is 0 Å². The summed E-state index contributed by atoms with van der Waals surface area (Å²) in [6.07, 6.45) is 3.83. The minimum Gasteiger partial charge on any atom is -0.325 e. The van der Waals surface area contributed by atoms with Gasteiger partial charge in [0.15, 0.2) is 0 Å². The molecule has 0 fully saturated rings. The molecule has 2 aromatic heterocycles. The van der Waals surface area contributed by atoms with E-state index >= 15 is 0 Å². The second-order valence-corrected chi connectivity index (χ2v) is 9.68. The van der Waals surface area contributed by atoms with Gasteiger partial charge in [-0.3, -0.25) is 9.48 Å². The van der Waals surface area contributed by atoms with Gasteiger partial charge < -0.3 is 5.32 Å². The molecule has 1 unspecified atom stereocenters. The van der Waals surface area contributed by atoms with E-state index in [9.17, 15) is 4.79 Å². The van der Waals surface area contributed by atoms with Gasteiger partial charge in [-0.15, -0.1) is 11.3 Å². The average Bonchev–Trinajstić information content (AvgIpc) is 3.42. The number of anilines is 1. The maximum Gasteiger partial charge on any atom is 0.235 e. The van der Waals surface area contributed by atoms with Gasteiger partial charge in [-0.1, -0.05) is 50.2 Å². The lowest BCUT2D eigenvalue weighted by Crippen LogP contribution is -2.42. The van der Waals surface area contributed by atoms with Crippen molar-refractivity contribution >= 4 is 22.9 Å². The Labute approximate surface area is 193 Å². The van der Waals surface area contributed by atoms with Crippen LogP contribution >= 0.6 is 11.3 Å². The number of aryl methyl sites for hydroxylation is 2. The monoisotopic (exact) mass is 444 g/mol. The molecule has 2 aromatic carbocycles. The number of nitrogens with one attached hydrogen (secondary N) is 1. The van der Waals surface area contributed by atoms with Crippen molar-refractivity contribution in [1.82, 2.24) is 14.8 Å². The molecule has 6 heteroatoms. The lowest BCUT2D eigenvalue weighted by atomic mass is 9.72. The predicted octanol–water partition coefficient (Wildman–Crippen LogP) is 6.07. The van der Waals surface area contributed by atoms with E-state index in [1.807, 2.05) is 62.9 Å². The van der Waals surface area contributed by atoms with E-state index in [1.54, 1.807) is 16.0 Å². The van der Waals surface area contributed by atoms with Gasteiger partial charge in [0, 0.05) is 35.4 Å². The molecular formula is C26H28N4OS. The van der Waals surface area contributed by atoms with E-state index < -0.39 is 5.41 Å². The van der Waals surface area contributed by atoms with Crippen LogP contribution in [0.3, 0.4) is 0 Å². The van der Waals surface area contributed by atoms with Crippen LogP contribution in [-0.2, 0) is 17.3 Å². The van der Waals surface area contributed by atoms with Crippen LogP contribution in [0.1, 0.15) is 31.3 Å². The van der Waals surface area contributed by atoms with Crippen molar-refractivity contribution < 1.29 is 4.79 Å². The molecular weight excluding hydrogens is 416 g/mol. The fourth-order valence-electron chi connectivity index (χ4n) is 3.79. The largest absolute Gasteiger partial charge is 0.325 e. The Bertz CT molecular complexity index is 1220. The summed E-state index contributed by atoms with van der Waals surface area (Å²) >= 11 is 1.63. The van der Waals surface area contributed by atoms with Gasteiger partial charge in [-0.2, -0.15) is 5.10 Å². The average molecular weight is 445 g/mol. The summed E-state index contributed by atoms with van der Waals surface area (Å²) in [5.41, 5.74) is 5.26. The molecule has 2 heterocycles. The lowest BCUT2D eigenvalue weighted by Gasteiger charge is -2.33. The summed E-state index contributed by atoms with van der Waals surface area (Å²) in [6.45, 7) is 8.18. The van der Waals surface area contributed by atoms with E-state index in [0.29, 0.717) is 0 Å². The third-order valence-corrected chi connectivity index (χ3v) is 6.98. The number of hydrogen-bond acceptors (Lipinski definition) is 4. The second-order valence-electron chi connectivity index (χ2n) is 8.62. The quantitative estimate of drug-likeness (QED) is 0.392. The summed E-state index contributed by atoms with van der Waals surface area (Å²) in [4.78, 5) is 18.0. The van der Waals surface area contributed by atoms with Crippen LogP contribution in [0.15, 0.2) is 66.3 Å². The van der Waals surface area contributed by atoms with Gasteiger partial charge in [-0.25, -0.2) is 4.98 Å². The molecule has 32 heavy (non-hydrogen) atoms. The minimum absolute atomic E-state index is 0.0149. The number of benzene rings is 2. The number of rotatable bonds is 6. The minimum atomic E-state index is -0.668. The fourth-order valence-corrected chi connectivity index (χ4v) is 4.41. The van der Waals surface area contributed by atoms with Crippen molar-refractivity contribution in [2.45, 2.75) is 33.1 Å². The van der Waals surface area contributed by atoms with Crippen LogP contribution in [-0.4, -0.2) is 20.7 Å². The first-order chi connectivity index (χ1) is 15.3. The zero-order valence-electron chi connectivity index (χ0n) is 19.1. The Morgan fingerprint density at radius 3 is 2.22 bits per heavy atom. The number of carbonyl (C=O) groups is 1. The SMILES string of the molecule is Cc1nc(-c2ccc(NC(=O)C(C)(c3ccc(-c4cnn(C)c4)cc3)C(C)C)cc2)cs1. The van der Waals surface area contributed by atoms with Gasteiger partial charge in [0.2, 0.25) is 5.91 Å². The molecule has 0 saturated carbocycles. The maximum absolute atomic E-state index is 13.5. The Hall–Kier alpha value is -3.25. The summed E-state index contributed by atoms with van der Waals surface area (Å²) in [6, 6.07) is 16.1. The lowest BCUT2D eigenvalue weighted by molar-refractivity contribution is -0.122. The topological polar surface area (TPSA) is 59.8 Å². The Balaban J connectivity index is 1.55. The highest BCUT2D eigenvalue weighted by Gasteiger charge is 2.38. The number of aromatic nitrogens is 3. The number of amides is 1. The third-order valence-electron chi connectivity index (χ3n) is 6.21. The number of hydrogen-bond donors (Lipinski definition) is 1. The summed E-state index contributed by atoms with van der Waals surface area (Å²) < 4.78 is 1.79. The molecule has 0 aliphatic rings. The molecule has 164 valence electrons. The van der Waals surface area contributed by atoms with Crippen molar-refractivity contribution in [2.24, 2.45) is 13.0 Å². The molecule has 0 aliphatic carbocycles. The molecule has 4 rings (SSSR count). The van der Waals surface area contributed by atoms with Crippen molar-refractivity contribution in [3.8, 4) is 22.4 Å². The number of nitrogens with zero attached hydrogens (tertiary/aromatic N) is 3. The Morgan fingerprint density at radius 1 is 1.03 bits per heavy atom. The van der Waals surface area contributed by atoms with E-state index in [4.69, 9.17) is 0 Å². The van der Waals surface area contributed by atoms with Crippen molar-refractivity contribution in [3.05, 3.63) is 76.9 Å². The number of thiazole rings is 1. The van der Waals surface area contributed by atoms with Crippen molar-refractivity contribution in [1.29, 1.82) is 0 Å².